The number of hydrogen-bond acceptors (Lipinski definition) is 4. The summed E-state index contributed by atoms with van der Waals surface area (Å²) in [5.41, 5.74) is 4.27. The van der Waals surface area contributed by atoms with Crippen LogP contribution in [-0.4, -0.2) is 18.8 Å². The summed E-state index contributed by atoms with van der Waals surface area (Å²) < 4.78 is 6.12. The summed E-state index contributed by atoms with van der Waals surface area (Å²) in [6, 6.07) is 17.6. The highest BCUT2D eigenvalue weighted by atomic mass is 35.5. The molecule has 2 heterocycles. The van der Waals surface area contributed by atoms with Gasteiger partial charge in [-0.15, -0.1) is 11.3 Å². The lowest BCUT2D eigenvalue weighted by molar-refractivity contribution is 0.416. The lowest BCUT2D eigenvalue weighted by Crippen LogP contribution is -2.12. The molecule has 3 aromatic rings. The van der Waals surface area contributed by atoms with E-state index in [1.54, 1.807) is 7.11 Å². The van der Waals surface area contributed by atoms with Crippen molar-refractivity contribution in [2.75, 3.05) is 19.0 Å². The molecule has 0 radical (unpaired) electrons. The molecule has 0 spiro atoms. The monoisotopic (exact) mass is 369 g/mol. The number of ether oxygens (including phenoxy) is 1. The minimum Gasteiger partial charge on any atom is -0.507 e. The number of hydrogen-bond donors (Lipinski definition) is 2. The fourth-order valence-electron chi connectivity index (χ4n) is 3.13. The molecular weight excluding hydrogens is 354 g/mol. The van der Waals surface area contributed by atoms with E-state index in [-0.39, 0.29) is 5.76 Å². The van der Waals surface area contributed by atoms with E-state index in [0.717, 1.165) is 38.6 Å². The summed E-state index contributed by atoms with van der Waals surface area (Å²) in [5, 5.41) is 15.3. The Labute approximate surface area is 155 Å². The normalized spacial score (nSPS) is 13.4. The first-order valence-corrected chi connectivity index (χ1v) is 9.07. The van der Waals surface area contributed by atoms with E-state index in [1.165, 1.54) is 11.3 Å². The molecular formula is C20H16ClNO2S. The van der Waals surface area contributed by atoms with E-state index < -0.39 is 0 Å². The van der Waals surface area contributed by atoms with Crippen LogP contribution < -0.4 is 10.1 Å². The standard InChI is InChI=1S/C20H16ClNO2S/c1-24-15-10-6-5-9-13(15)16-17-18(23)14(12-7-3-2-4-8-12)11-22-20(17)25-19(16)21/h2-10,22-23H,11H2,1H3. The first-order valence-electron chi connectivity index (χ1n) is 7.88. The minimum absolute atomic E-state index is 0.268. The number of nitrogens with one attached hydrogen (secondary N) is 1. The fraction of sp³-hybridized carbons (Fsp3) is 0.100. The van der Waals surface area contributed by atoms with Crippen LogP contribution in [0.15, 0.2) is 54.6 Å². The Morgan fingerprint density at radius 1 is 1.04 bits per heavy atom. The molecule has 0 amide bonds. The van der Waals surface area contributed by atoms with Crippen LogP contribution in [0.3, 0.4) is 0 Å². The summed E-state index contributed by atoms with van der Waals surface area (Å²) in [6.45, 7) is 0.561. The molecule has 5 heteroatoms. The van der Waals surface area contributed by atoms with Crippen LogP contribution in [0.25, 0.3) is 22.5 Å². The molecule has 0 saturated carbocycles. The van der Waals surface area contributed by atoms with Gasteiger partial charge in [-0.1, -0.05) is 60.1 Å². The topological polar surface area (TPSA) is 41.5 Å². The average molecular weight is 370 g/mol. The van der Waals surface area contributed by atoms with E-state index in [1.807, 2.05) is 54.6 Å². The first-order chi connectivity index (χ1) is 12.2. The van der Waals surface area contributed by atoms with Gasteiger partial charge in [-0.3, -0.25) is 0 Å². The number of benzene rings is 2. The molecule has 1 aromatic heterocycles. The highest BCUT2D eigenvalue weighted by Crippen LogP contribution is 2.51. The Morgan fingerprint density at radius 3 is 2.52 bits per heavy atom. The zero-order chi connectivity index (χ0) is 17.4. The SMILES string of the molecule is COc1ccccc1-c1c(Cl)sc2c1C(O)=C(c1ccccc1)CN2. The van der Waals surface area contributed by atoms with Crippen molar-refractivity contribution in [1.82, 2.24) is 0 Å². The van der Waals surface area contributed by atoms with Crippen LogP contribution in [0, 0.1) is 0 Å². The number of fused-ring (bicyclic) bond motifs is 1. The van der Waals surface area contributed by atoms with Crippen molar-refractivity contribution in [3.63, 3.8) is 0 Å². The van der Waals surface area contributed by atoms with Gasteiger partial charge in [-0.2, -0.15) is 0 Å². The Morgan fingerprint density at radius 2 is 1.76 bits per heavy atom. The largest absolute Gasteiger partial charge is 0.507 e. The number of rotatable bonds is 3. The number of anilines is 1. The summed E-state index contributed by atoms with van der Waals surface area (Å²) >= 11 is 7.98. The molecule has 0 unspecified atom stereocenters. The third-order valence-corrected chi connectivity index (χ3v) is 5.67. The summed E-state index contributed by atoms with van der Waals surface area (Å²) in [7, 11) is 1.63. The van der Waals surface area contributed by atoms with Gasteiger partial charge in [0.15, 0.2) is 0 Å². The number of para-hydroxylation sites is 1. The minimum atomic E-state index is 0.268. The quantitative estimate of drug-likeness (QED) is 0.601. The Kier molecular flexibility index (Phi) is 4.15. The first kappa shape index (κ1) is 16.1. The van der Waals surface area contributed by atoms with E-state index in [9.17, 15) is 5.11 Å². The van der Waals surface area contributed by atoms with Crippen LogP contribution in [0.1, 0.15) is 11.1 Å². The highest BCUT2D eigenvalue weighted by molar-refractivity contribution is 7.21. The van der Waals surface area contributed by atoms with Crippen molar-refractivity contribution in [2.24, 2.45) is 0 Å². The lowest BCUT2D eigenvalue weighted by Gasteiger charge is -2.20. The number of aliphatic hydroxyl groups is 1. The zero-order valence-corrected chi connectivity index (χ0v) is 15.1. The maximum atomic E-state index is 11.0. The molecule has 3 nitrogen and oxygen atoms in total. The molecule has 126 valence electrons. The molecule has 0 bridgehead atoms. The van der Waals surface area contributed by atoms with Crippen molar-refractivity contribution < 1.29 is 9.84 Å². The molecule has 0 saturated heterocycles. The number of methoxy groups -OCH3 is 1. The van der Waals surface area contributed by atoms with E-state index in [0.29, 0.717) is 10.9 Å². The second kappa shape index (κ2) is 6.47. The van der Waals surface area contributed by atoms with Crippen LogP contribution >= 0.6 is 22.9 Å². The predicted molar refractivity (Wildman–Crippen MR) is 106 cm³/mol. The molecule has 25 heavy (non-hydrogen) atoms. The molecule has 1 aliphatic heterocycles. The van der Waals surface area contributed by atoms with E-state index in [4.69, 9.17) is 16.3 Å². The molecule has 2 N–H and O–H groups in total. The summed E-state index contributed by atoms with van der Waals surface area (Å²) in [5.74, 6) is 0.994. The van der Waals surface area contributed by atoms with Gasteiger partial charge in [0.2, 0.25) is 0 Å². The maximum absolute atomic E-state index is 11.0. The number of aliphatic hydroxyl groups excluding tert-OH is 1. The van der Waals surface area contributed by atoms with Crippen LogP contribution in [-0.2, 0) is 0 Å². The highest BCUT2D eigenvalue weighted by Gasteiger charge is 2.28. The van der Waals surface area contributed by atoms with Gasteiger partial charge in [0.1, 0.15) is 20.8 Å². The average Bonchev–Trinajstić information content (AvgIpc) is 2.99. The second-order valence-corrected chi connectivity index (χ2v) is 7.32. The van der Waals surface area contributed by atoms with Crippen molar-refractivity contribution in [1.29, 1.82) is 0 Å². The number of halogens is 1. The van der Waals surface area contributed by atoms with Gasteiger partial charge in [0.25, 0.3) is 0 Å². The third-order valence-electron chi connectivity index (χ3n) is 4.31. The van der Waals surface area contributed by atoms with Crippen LogP contribution in [0.5, 0.6) is 5.75 Å². The Hall–Kier alpha value is -2.43. The van der Waals surface area contributed by atoms with E-state index in [2.05, 4.69) is 5.32 Å². The van der Waals surface area contributed by atoms with E-state index >= 15 is 0 Å². The molecule has 0 atom stereocenters. The summed E-state index contributed by atoms with van der Waals surface area (Å²) in [4.78, 5) is 0. The molecule has 1 aliphatic rings. The van der Waals surface area contributed by atoms with Gasteiger partial charge in [0, 0.05) is 23.2 Å². The molecule has 2 aromatic carbocycles. The Balaban J connectivity index is 1.95. The fourth-order valence-corrected chi connectivity index (χ4v) is 4.49. The van der Waals surface area contributed by atoms with Gasteiger partial charge >= 0.3 is 0 Å². The smallest absolute Gasteiger partial charge is 0.132 e. The van der Waals surface area contributed by atoms with Gasteiger partial charge in [-0.05, 0) is 11.6 Å². The van der Waals surface area contributed by atoms with Crippen LogP contribution in [0.4, 0.5) is 5.00 Å². The Bertz CT molecular complexity index is 963. The van der Waals surface area contributed by atoms with Gasteiger partial charge < -0.3 is 15.2 Å². The zero-order valence-electron chi connectivity index (χ0n) is 13.5. The number of thiophene rings is 1. The van der Waals surface area contributed by atoms with Crippen LogP contribution in [0.2, 0.25) is 4.34 Å². The summed E-state index contributed by atoms with van der Waals surface area (Å²) in [6.07, 6.45) is 0. The van der Waals surface area contributed by atoms with Crippen molar-refractivity contribution in [3.8, 4) is 16.9 Å². The third kappa shape index (κ3) is 2.68. The predicted octanol–water partition coefficient (Wildman–Crippen LogP) is 5.93. The van der Waals surface area contributed by atoms with Crippen molar-refractivity contribution in [3.05, 3.63) is 70.1 Å². The van der Waals surface area contributed by atoms with Gasteiger partial charge in [-0.25, -0.2) is 0 Å². The molecule has 0 aliphatic carbocycles. The molecule has 4 rings (SSSR count). The second-order valence-electron chi connectivity index (χ2n) is 5.70. The lowest BCUT2D eigenvalue weighted by atomic mass is 9.94. The van der Waals surface area contributed by atoms with Crippen molar-refractivity contribution >= 4 is 39.3 Å². The van der Waals surface area contributed by atoms with Crippen molar-refractivity contribution in [2.45, 2.75) is 0 Å². The maximum Gasteiger partial charge on any atom is 0.132 e. The van der Waals surface area contributed by atoms with Gasteiger partial charge in [0.05, 0.1) is 12.7 Å². The molecule has 0 fully saturated rings.